The summed E-state index contributed by atoms with van der Waals surface area (Å²) in [6.07, 6.45) is -12.1. The normalized spacial score (nSPS) is 21.8. The van der Waals surface area contributed by atoms with Crippen molar-refractivity contribution in [2.45, 2.75) is 30.9 Å². The molecule has 22 heteroatoms. The van der Waals surface area contributed by atoms with Crippen molar-refractivity contribution in [2.24, 2.45) is 0 Å². The number of hydrogen-bond acceptors (Lipinski definition) is 22. The molecule has 3 aliphatic heterocycles. The number of phenolic OH excluding ortho intramolecular Hbond substituents is 12. The fourth-order valence-corrected chi connectivity index (χ4v) is 6.24. The Morgan fingerprint density at radius 1 is 0.364 bits per heavy atom. The van der Waals surface area contributed by atoms with Crippen LogP contribution in [0.4, 0.5) is 0 Å². The van der Waals surface area contributed by atoms with E-state index in [1.165, 1.54) is 0 Å². The summed E-state index contributed by atoms with van der Waals surface area (Å²) in [5, 5.41) is 137. The molecule has 0 saturated carbocycles. The van der Waals surface area contributed by atoms with E-state index in [1.54, 1.807) is 0 Å². The predicted octanol–water partition coefficient (Wildman–Crippen LogP) is 0.623. The molecule has 0 amide bonds. The lowest BCUT2D eigenvalue weighted by atomic mass is 9.91. The molecule has 4 aromatic carbocycles. The van der Waals surface area contributed by atoms with Crippen molar-refractivity contribution in [2.75, 3.05) is 0 Å². The first kappa shape index (κ1) is 35.7. The minimum atomic E-state index is -2.53. The van der Waals surface area contributed by atoms with Gasteiger partial charge in [-0.2, -0.15) is 0 Å². The number of aliphatic hydroxyl groups excluding tert-OH is 1. The van der Waals surface area contributed by atoms with Gasteiger partial charge >= 0.3 is 23.9 Å². The first-order valence-electron chi connectivity index (χ1n) is 15.1. The quantitative estimate of drug-likeness (QED) is 0.0662. The van der Waals surface area contributed by atoms with Crippen molar-refractivity contribution < 1.29 is 109 Å². The van der Waals surface area contributed by atoms with Crippen LogP contribution in [0.5, 0.6) is 69.0 Å². The Balaban J connectivity index is 1.45. The summed E-state index contributed by atoms with van der Waals surface area (Å²) in [4.78, 5) is 55.3. The summed E-state index contributed by atoms with van der Waals surface area (Å²) in [6.45, 7) is 0. The monoisotopic (exact) mass is 770 g/mol. The van der Waals surface area contributed by atoms with E-state index in [-0.39, 0.29) is 0 Å². The maximum atomic E-state index is 13.9. The fraction of sp³-hybridized carbons (Fsp3) is 0.152. The zero-order valence-corrected chi connectivity index (χ0v) is 26.7. The summed E-state index contributed by atoms with van der Waals surface area (Å²) >= 11 is 0. The zero-order chi connectivity index (χ0) is 40.1. The van der Waals surface area contributed by atoms with Crippen LogP contribution >= 0.6 is 0 Å². The van der Waals surface area contributed by atoms with Gasteiger partial charge in [-0.05, 0) is 24.3 Å². The highest BCUT2D eigenvalue weighted by Crippen LogP contribution is 2.55. The van der Waals surface area contributed by atoms with E-state index >= 15 is 0 Å². The Kier molecular flexibility index (Phi) is 7.90. The third kappa shape index (κ3) is 5.19. The maximum absolute atomic E-state index is 13.9. The van der Waals surface area contributed by atoms with Crippen LogP contribution in [0.3, 0.4) is 0 Å². The van der Waals surface area contributed by atoms with E-state index in [9.17, 15) is 85.6 Å². The Morgan fingerprint density at radius 3 is 0.964 bits per heavy atom. The summed E-state index contributed by atoms with van der Waals surface area (Å²) < 4.78 is 26.8. The number of carbonyl (C=O) groups excluding carboxylic acids is 4. The summed E-state index contributed by atoms with van der Waals surface area (Å²) in [5.74, 6) is -22.3. The van der Waals surface area contributed by atoms with E-state index in [4.69, 9.17) is 23.7 Å². The van der Waals surface area contributed by atoms with Crippen LogP contribution in [0.1, 0.15) is 41.4 Å². The molecule has 1 unspecified atom stereocenters. The molecule has 4 aromatic rings. The molecule has 3 aliphatic rings. The number of ether oxygens (including phenoxy) is 5. The number of carbonyl (C=O) groups is 4. The van der Waals surface area contributed by atoms with Crippen LogP contribution in [0, 0.1) is 0 Å². The van der Waals surface area contributed by atoms with Gasteiger partial charge in [0, 0.05) is 22.3 Å². The summed E-state index contributed by atoms with van der Waals surface area (Å²) in [7, 11) is 0. The first-order valence-corrected chi connectivity index (χ1v) is 15.1. The van der Waals surface area contributed by atoms with Gasteiger partial charge < -0.3 is 90.1 Å². The number of phenols is 12. The lowest BCUT2D eigenvalue weighted by Crippen LogP contribution is -2.62. The summed E-state index contributed by atoms with van der Waals surface area (Å²) in [5.41, 5.74) is -7.98. The van der Waals surface area contributed by atoms with Crippen molar-refractivity contribution in [1.29, 1.82) is 0 Å². The molecule has 3 heterocycles. The van der Waals surface area contributed by atoms with Crippen LogP contribution in [0.2, 0.25) is 0 Å². The second kappa shape index (κ2) is 12.2. The van der Waals surface area contributed by atoms with Gasteiger partial charge in [-0.3, -0.25) is 0 Å². The van der Waals surface area contributed by atoms with Crippen LogP contribution < -0.4 is 0 Å². The lowest BCUT2D eigenvalue weighted by Gasteiger charge is -2.43. The minimum Gasteiger partial charge on any atom is -0.504 e. The lowest BCUT2D eigenvalue weighted by molar-refractivity contribution is -0.324. The largest absolute Gasteiger partial charge is 0.504 e. The van der Waals surface area contributed by atoms with Gasteiger partial charge in [0.05, 0.1) is 22.3 Å². The van der Waals surface area contributed by atoms with Crippen molar-refractivity contribution in [3.05, 3.63) is 46.5 Å². The van der Waals surface area contributed by atoms with E-state index in [0.29, 0.717) is 24.3 Å². The minimum absolute atomic E-state index is 0.452. The molecule has 0 bridgehead atoms. The number of aromatic hydroxyl groups is 12. The second-order valence-corrected chi connectivity index (χ2v) is 12.0. The van der Waals surface area contributed by atoms with Crippen molar-refractivity contribution in [3.8, 4) is 91.2 Å². The van der Waals surface area contributed by atoms with Gasteiger partial charge in [0.15, 0.2) is 64.5 Å². The van der Waals surface area contributed by atoms with Gasteiger partial charge in [-0.15, -0.1) is 0 Å². The number of hydrogen-bond donors (Lipinski definition) is 13. The molecule has 22 nitrogen and oxygen atoms in total. The average Bonchev–Trinajstić information content (AvgIpc) is 3.13. The molecule has 55 heavy (non-hydrogen) atoms. The molecule has 0 aliphatic carbocycles. The molecule has 5 atom stereocenters. The molecule has 286 valence electrons. The number of rotatable bonds is 0. The SMILES string of the molecule is O=C1O[C@H]2OC(O)[C@@H]3OC(=O)c4cc(O)c(O)c(O)c4-c4c(cc(O)c(O)c4O)C(=O)O[C@H]3[C@@H]2OC(=O)c2cc(O)c(O)c(O)c2-c2c1cc(O)c(O)c2O. The second-order valence-electron chi connectivity index (χ2n) is 12.0. The highest BCUT2D eigenvalue weighted by molar-refractivity contribution is 6.10. The molecular formula is C33H22O22. The molecule has 0 aromatic heterocycles. The number of benzene rings is 4. The smallest absolute Gasteiger partial charge is 0.341 e. The number of esters is 4. The van der Waals surface area contributed by atoms with Crippen LogP contribution in [0.15, 0.2) is 24.3 Å². The number of fused-ring (bicyclic) bond motifs is 9. The number of aliphatic hydroxyl groups is 1. The topological polar surface area (TPSA) is 377 Å². The van der Waals surface area contributed by atoms with Gasteiger partial charge in [0.1, 0.15) is 0 Å². The third-order valence-electron chi connectivity index (χ3n) is 8.82. The van der Waals surface area contributed by atoms with E-state index in [0.717, 1.165) is 0 Å². The van der Waals surface area contributed by atoms with Gasteiger partial charge in [-0.1, -0.05) is 0 Å². The van der Waals surface area contributed by atoms with Crippen molar-refractivity contribution >= 4 is 23.9 Å². The van der Waals surface area contributed by atoms with Gasteiger partial charge in [-0.25, -0.2) is 19.2 Å². The van der Waals surface area contributed by atoms with Crippen LogP contribution in [0.25, 0.3) is 22.3 Å². The highest BCUT2D eigenvalue weighted by Gasteiger charge is 2.55. The van der Waals surface area contributed by atoms with Crippen LogP contribution in [-0.2, 0) is 23.7 Å². The van der Waals surface area contributed by atoms with Gasteiger partial charge in [0.25, 0.3) is 0 Å². The molecule has 1 saturated heterocycles. The third-order valence-corrected chi connectivity index (χ3v) is 8.82. The molecule has 13 N–H and O–H groups in total. The Morgan fingerprint density at radius 2 is 0.636 bits per heavy atom. The molecule has 7 rings (SSSR count). The Labute approximate surface area is 301 Å². The van der Waals surface area contributed by atoms with E-state index < -0.39 is 168 Å². The first-order chi connectivity index (χ1) is 25.8. The average molecular weight is 771 g/mol. The molecule has 1 fully saturated rings. The van der Waals surface area contributed by atoms with E-state index in [2.05, 4.69) is 0 Å². The summed E-state index contributed by atoms with van der Waals surface area (Å²) in [6, 6.07) is 1.85. The zero-order valence-electron chi connectivity index (χ0n) is 26.7. The fourth-order valence-electron chi connectivity index (χ4n) is 6.24. The maximum Gasteiger partial charge on any atom is 0.341 e. The van der Waals surface area contributed by atoms with E-state index in [1.807, 2.05) is 0 Å². The van der Waals surface area contributed by atoms with Crippen LogP contribution in [-0.4, -0.2) is 121 Å². The van der Waals surface area contributed by atoms with Crippen molar-refractivity contribution in [3.63, 3.8) is 0 Å². The molecule has 0 spiro atoms. The predicted molar refractivity (Wildman–Crippen MR) is 168 cm³/mol. The Hall–Kier alpha value is -7.72. The Bertz CT molecular complexity index is 2420. The standard InChI is InChI=1S/C33H22O22/c34-9-1-5-13(21(42)17(9)38)14-6(2-10(35)18(39)22(14)43)29(47)52-26-25(51-28(5)46)27-33(55-32(26)50)54-31(49)8-4-12(37)20(41)24(45)16(8)15-7(30(48)53-27)3-11(36)19(40)23(15)44/h1-4,25-27,32-45,50H/t25-,26-,27+,32?,33+/m1/s1. The highest BCUT2D eigenvalue weighted by atomic mass is 16.8. The van der Waals surface area contributed by atoms with Gasteiger partial charge in [0.2, 0.25) is 35.4 Å². The molecule has 0 radical (unpaired) electrons. The molecular weight excluding hydrogens is 748 g/mol. The van der Waals surface area contributed by atoms with Crippen molar-refractivity contribution in [1.82, 2.24) is 0 Å².